The maximum atomic E-state index is 12.8. The molecule has 1 aromatic rings. The molecule has 0 aliphatic heterocycles. The summed E-state index contributed by atoms with van der Waals surface area (Å²) in [7, 11) is 0. The lowest BCUT2D eigenvalue weighted by Crippen LogP contribution is -2.30. The molecule has 0 spiro atoms. The minimum absolute atomic E-state index is 0.0286. The predicted molar refractivity (Wildman–Crippen MR) is 63.0 cm³/mol. The van der Waals surface area contributed by atoms with Gasteiger partial charge in [-0.15, -0.1) is 0 Å². The van der Waals surface area contributed by atoms with Crippen LogP contribution in [0.4, 0.5) is 4.39 Å². The maximum absolute atomic E-state index is 12.8. The Balaban J connectivity index is 2.21. The molecule has 3 heteroatoms. The molecule has 1 unspecified atom stereocenters. The van der Waals surface area contributed by atoms with Crippen molar-refractivity contribution in [2.75, 3.05) is 0 Å². The van der Waals surface area contributed by atoms with Gasteiger partial charge in [0.15, 0.2) is 0 Å². The first-order chi connectivity index (χ1) is 7.81. The summed E-state index contributed by atoms with van der Waals surface area (Å²) in [6, 6.07) is 6.55. The van der Waals surface area contributed by atoms with E-state index in [0.29, 0.717) is 0 Å². The molecule has 0 amide bonds. The molecule has 1 aliphatic rings. The van der Waals surface area contributed by atoms with Crippen LogP contribution in [0.15, 0.2) is 35.9 Å². The number of nitrogens with two attached hydrogens (primary N) is 1. The SMILES string of the molecule is NNC(C1=CCCCC1)c1ccc(F)cc1. The number of hydrazine groups is 1. The maximum Gasteiger partial charge on any atom is 0.123 e. The van der Waals surface area contributed by atoms with Gasteiger partial charge in [-0.25, -0.2) is 9.82 Å². The zero-order valence-corrected chi connectivity index (χ0v) is 9.25. The van der Waals surface area contributed by atoms with E-state index in [9.17, 15) is 4.39 Å². The molecule has 0 saturated carbocycles. The molecule has 16 heavy (non-hydrogen) atoms. The second kappa shape index (κ2) is 5.23. The van der Waals surface area contributed by atoms with Gasteiger partial charge >= 0.3 is 0 Å². The summed E-state index contributed by atoms with van der Waals surface area (Å²) >= 11 is 0. The molecule has 0 fully saturated rings. The monoisotopic (exact) mass is 220 g/mol. The summed E-state index contributed by atoms with van der Waals surface area (Å²) in [4.78, 5) is 0. The van der Waals surface area contributed by atoms with E-state index in [0.717, 1.165) is 18.4 Å². The van der Waals surface area contributed by atoms with Gasteiger partial charge in [0.1, 0.15) is 5.82 Å². The second-order valence-electron chi connectivity index (χ2n) is 4.18. The Bertz CT molecular complexity index is 370. The van der Waals surface area contributed by atoms with Gasteiger partial charge in [-0.1, -0.05) is 23.8 Å². The van der Waals surface area contributed by atoms with Crippen LogP contribution in [0.5, 0.6) is 0 Å². The van der Waals surface area contributed by atoms with E-state index in [1.807, 2.05) is 0 Å². The Morgan fingerprint density at radius 1 is 1.19 bits per heavy atom. The number of rotatable bonds is 3. The van der Waals surface area contributed by atoms with Crippen LogP contribution in [0.25, 0.3) is 0 Å². The zero-order chi connectivity index (χ0) is 11.4. The molecule has 1 aromatic carbocycles. The Morgan fingerprint density at radius 2 is 1.94 bits per heavy atom. The highest BCUT2D eigenvalue weighted by atomic mass is 19.1. The lowest BCUT2D eigenvalue weighted by molar-refractivity contribution is 0.563. The number of allylic oxidation sites excluding steroid dienone is 1. The van der Waals surface area contributed by atoms with Gasteiger partial charge in [0, 0.05) is 0 Å². The van der Waals surface area contributed by atoms with Gasteiger partial charge in [0.25, 0.3) is 0 Å². The second-order valence-corrected chi connectivity index (χ2v) is 4.18. The normalized spacial score (nSPS) is 18.0. The lowest BCUT2D eigenvalue weighted by atomic mass is 9.90. The molecule has 1 atom stereocenters. The van der Waals surface area contributed by atoms with Crippen LogP contribution in [-0.4, -0.2) is 0 Å². The molecule has 1 aliphatic carbocycles. The molecule has 0 aromatic heterocycles. The van der Waals surface area contributed by atoms with E-state index in [1.54, 1.807) is 12.1 Å². The third kappa shape index (κ3) is 2.49. The standard InChI is InChI=1S/C13H17FN2/c14-12-8-6-11(7-9-12)13(16-15)10-4-2-1-3-5-10/h4,6-9,13,16H,1-3,5,15H2. The smallest absolute Gasteiger partial charge is 0.123 e. The van der Waals surface area contributed by atoms with Crippen molar-refractivity contribution >= 4 is 0 Å². The van der Waals surface area contributed by atoms with Crippen molar-refractivity contribution in [3.63, 3.8) is 0 Å². The van der Waals surface area contributed by atoms with Crippen LogP contribution in [0.2, 0.25) is 0 Å². The Labute approximate surface area is 95.3 Å². The van der Waals surface area contributed by atoms with Crippen LogP contribution < -0.4 is 11.3 Å². The Hall–Kier alpha value is -1.19. The fraction of sp³-hybridized carbons (Fsp3) is 0.385. The van der Waals surface area contributed by atoms with Crippen LogP contribution in [0, 0.1) is 5.82 Å². The quantitative estimate of drug-likeness (QED) is 0.467. The molecule has 0 heterocycles. The number of hydrogen-bond donors (Lipinski definition) is 2. The van der Waals surface area contributed by atoms with Crippen molar-refractivity contribution in [2.24, 2.45) is 5.84 Å². The van der Waals surface area contributed by atoms with Crippen molar-refractivity contribution in [1.29, 1.82) is 0 Å². The highest BCUT2D eigenvalue weighted by Crippen LogP contribution is 2.29. The summed E-state index contributed by atoms with van der Waals surface area (Å²) in [6.45, 7) is 0. The Kier molecular flexibility index (Phi) is 3.70. The zero-order valence-electron chi connectivity index (χ0n) is 9.25. The minimum atomic E-state index is -0.211. The third-order valence-electron chi connectivity index (χ3n) is 3.07. The van der Waals surface area contributed by atoms with Gasteiger partial charge in [0.2, 0.25) is 0 Å². The summed E-state index contributed by atoms with van der Waals surface area (Å²) in [6.07, 6.45) is 6.91. The van der Waals surface area contributed by atoms with Gasteiger partial charge in [-0.05, 0) is 43.4 Å². The minimum Gasteiger partial charge on any atom is -0.271 e. The van der Waals surface area contributed by atoms with E-state index in [4.69, 9.17) is 5.84 Å². The molecule has 2 nitrogen and oxygen atoms in total. The van der Waals surface area contributed by atoms with Crippen LogP contribution in [0.3, 0.4) is 0 Å². The number of hydrogen-bond acceptors (Lipinski definition) is 2. The van der Waals surface area contributed by atoms with Gasteiger partial charge in [-0.2, -0.15) is 0 Å². The first kappa shape index (κ1) is 11.3. The van der Waals surface area contributed by atoms with Gasteiger partial charge in [0.05, 0.1) is 6.04 Å². The summed E-state index contributed by atoms with van der Waals surface area (Å²) in [5.74, 6) is 5.38. The average molecular weight is 220 g/mol. The number of halogens is 1. The molecule has 2 rings (SSSR count). The van der Waals surface area contributed by atoms with Crippen molar-refractivity contribution in [2.45, 2.75) is 31.7 Å². The first-order valence-corrected chi connectivity index (χ1v) is 5.72. The van der Waals surface area contributed by atoms with Crippen molar-refractivity contribution < 1.29 is 4.39 Å². The highest BCUT2D eigenvalue weighted by molar-refractivity contribution is 5.29. The Morgan fingerprint density at radius 3 is 2.50 bits per heavy atom. The largest absolute Gasteiger partial charge is 0.271 e. The van der Waals surface area contributed by atoms with Crippen LogP contribution in [-0.2, 0) is 0 Å². The average Bonchev–Trinajstić information content (AvgIpc) is 2.34. The lowest BCUT2D eigenvalue weighted by Gasteiger charge is -2.23. The van der Waals surface area contributed by atoms with Crippen molar-refractivity contribution in [1.82, 2.24) is 5.43 Å². The molecule has 0 radical (unpaired) electrons. The van der Waals surface area contributed by atoms with Crippen molar-refractivity contribution in [3.05, 3.63) is 47.3 Å². The molecule has 0 saturated heterocycles. The molecule has 3 N–H and O–H groups in total. The number of nitrogens with one attached hydrogen (secondary N) is 1. The van der Waals surface area contributed by atoms with E-state index in [-0.39, 0.29) is 11.9 Å². The summed E-state index contributed by atoms with van der Waals surface area (Å²) in [5, 5.41) is 0. The summed E-state index contributed by atoms with van der Waals surface area (Å²) < 4.78 is 12.8. The molecule has 0 bridgehead atoms. The van der Waals surface area contributed by atoms with E-state index < -0.39 is 0 Å². The van der Waals surface area contributed by atoms with Crippen LogP contribution >= 0.6 is 0 Å². The van der Waals surface area contributed by atoms with E-state index >= 15 is 0 Å². The summed E-state index contributed by atoms with van der Waals surface area (Å²) in [5.41, 5.74) is 5.16. The van der Waals surface area contributed by atoms with Gasteiger partial charge in [-0.3, -0.25) is 5.84 Å². The van der Waals surface area contributed by atoms with E-state index in [1.165, 1.54) is 30.5 Å². The fourth-order valence-electron chi connectivity index (χ4n) is 2.20. The third-order valence-corrected chi connectivity index (χ3v) is 3.07. The molecular weight excluding hydrogens is 203 g/mol. The molecular formula is C13H17FN2. The highest BCUT2D eigenvalue weighted by Gasteiger charge is 2.16. The number of benzene rings is 1. The fourth-order valence-corrected chi connectivity index (χ4v) is 2.20. The van der Waals surface area contributed by atoms with Crippen molar-refractivity contribution in [3.8, 4) is 0 Å². The van der Waals surface area contributed by atoms with Gasteiger partial charge < -0.3 is 0 Å². The first-order valence-electron chi connectivity index (χ1n) is 5.72. The molecule has 86 valence electrons. The van der Waals surface area contributed by atoms with E-state index in [2.05, 4.69) is 11.5 Å². The topological polar surface area (TPSA) is 38.0 Å². The predicted octanol–water partition coefficient (Wildman–Crippen LogP) is 2.83. The van der Waals surface area contributed by atoms with Crippen LogP contribution in [0.1, 0.15) is 37.3 Å².